The largest absolute Gasteiger partial charge is 0.311 e. The van der Waals surface area contributed by atoms with Crippen LogP contribution in [0.4, 0.5) is 0 Å². The SMILES string of the molecule is Cc1ccc(CNCC(C)(C)S(C)(=O)=O)c(Cl)c1. The first kappa shape index (κ1) is 15.5. The van der Waals surface area contributed by atoms with Gasteiger partial charge in [-0.3, -0.25) is 0 Å². The molecular weight excluding hydrogens is 270 g/mol. The van der Waals surface area contributed by atoms with Gasteiger partial charge in [-0.15, -0.1) is 0 Å². The Morgan fingerprint density at radius 2 is 1.94 bits per heavy atom. The van der Waals surface area contributed by atoms with Crippen molar-refractivity contribution >= 4 is 21.4 Å². The van der Waals surface area contributed by atoms with Crippen LogP contribution in [0.15, 0.2) is 18.2 Å². The summed E-state index contributed by atoms with van der Waals surface area (Å²) in [5.41, 5.74) is 2.09. The summed E-state index contributed by atoms with van der Waals surface area (Å²) >= 11 is 6.11. The van der Waals surface area contributed by atoms with Gasteiger partial charge < -0.3 is 5.32 Å². The standard InChI is InChI=1S/C13H20ClNO2S/c1-10-5-6-11(12(14)7-10)8-15-9-13(2,3)18(4,16)17/h5-7,15H,8-9H2,1-4H3. The van der Waals surface area contributed by atoms with E-state index >= 15 is 0 Å². The highest BCUT2D eigenvalue weighted by Crippen LogP contribution is 2.18. The molecule has 0 unspecified atom stereocenters. The van der Waals surface area contributed by atoms with Gasteiger partial charge in [-0.05, 0) is 38.0 Å². The molecule has 0 aliphatic rings. The van der Waals surface area contributed by atoms with E-state index in [4.69, 9.17) is 11.6 Å². The molecule has 102 valence electrons. The van der Waals surface area contributed by atoms with Crippen molar-refractivity contribution in [3.63, 3.8) is 0 Å². The van der Waals surface area contributed by atoms with Crippen LogP contribution in [0.1, 0.15) is 25.0 Å². The minimum atomic E-state index is -3.07. The Morgan fingerprint density at radius 1 is 1.33 bits per heavy atom. The summed E-state index contributed by atoms with van der Waals surface area (Å²) < 4.78 is 22.3. The molecule has 18 heavy (non-hydrogen) atoms. The fourth-order valence-electron chi connectivity index (χ4n) is 1.43. The summed E-state index contributed by atoms with van der Waals surface area (Å²) in [5.74, 6) is 0. The average molecular weight is 290 g/mol. The van der Waals surface area contributed by atoms with Crippen molar-refractivity contribution in [2.45, 2.75) is 32.1 Å². The van der Waals surface area contributed by atoms with Crippen LogP contribution in [0.2, 0.25) is 5.02 Å². The normalized spacial score (nSPS) is 12.7. The van der Waals surface area contributed by atoms with Crippen LogP contribution in [0, 0.1) is 6.92 Å². The molecule has 1 aromatic rings. The van der Waals surface area contributed by atoms with Gasteiger partial charge in [0.1, 0.15) is 0 Å². The minimum absolute atomic E-state index is 0.399. The van der Waals surface area contributed by atoms with Gasteiger partial charge >= 0.3 is 0 Å². The van der Waals surface area contributed by atoms with Crippen molar-refractivity contribution in [3.8, 4) is 0 Å². The van der Waals surface area contributed by atoms with Crippen LogP contribution < -0.4 is 5.32 Å². The molecule has 0 aromatic heterocycles. The second-order valence-electron chi connectivity index (χ2n) is 5.23. The third-order valence-electron chi connectivity index (χ3n) is 3.08. The predicted octanol–water partition coefficient (Wildman–Crippen LogP) is 2.56. The van der Waals surface area contributed by atoms with Gasteiger partial charge in [0.15, 0.2) is 9.84 Å². The number of aryl methyl sites for hydroxylation is 1. The number of hydrogen-bond acceptors (Lipinski definition) is 3. The number of hydrogen-bond donors (Lipinski definition) is 1. The molecule has 1 N–H and O–H groups in total. The highest BCUT2D eigenvalue weighted by molar-refractivity contribution is 7.92. The molecule has 1 aromatic carbocycles. The Labute approximate surface area is 114 Å². The molecular formula is C13H20ClNO2S. The molecule has 0 heterocycles. The Balaban J connectivity index is 2.62. The van der Waals surface area contributed by atoms with Gasteiger partial charge in [-0.1, -0.05) is 23.7 Å². The van der Waals surface area contributed by atoms with Crippen molar-refractivity contribution < 1.29 is 8.42 Å². The van der Waals surface area contributed by atoms with Crippen molar-refractivity contribution in [1.29, 1.82) is 0 Å². The van der Waals surface area contributed by atoms with Crippen LogP contribution in [0.5, 0.6) is 0 Å². The third-order valence-corrected chi connectivity index (χ3v) is 5.58. The lowest BCUT2D eigenvalue weighted by atomic mass is 10.1. The maximum atomic E-state index is 11.5. The number of sulfone groups is 1. The molecule has 0 spiro atoms. The van der Waals surface area contributed by atoms with Crippen LogP contribution >= 0.6 is 11.6 Å². The first-order chi connectivity index (χ1) is 8.13. The summed E-state index contributed by atoms with van der Waals surface area (Å²) in [5, 5.41) is 3.85. The van der Waals surface area contributed by atoms with Crippen molar-refractivity contribution in [2.24, 2.45) is 0 Å². The van der Waals surface area contributed by atoms with E-state index < -0.39 is 14.6 Å². The molecule has 0 saturated carbocycles. The smallest absolute Gasteiger partial charge is 0.153 e. The molecule has 0 saturated heterocycles. The van der Waals surface area contributed by atoms with E-state index in [-0.39, 0.29) is 0 Å². The van der Waals surface area contributed by atoms with Gasteiger partial charge in [0.25, 0.3) is 0 Å². The van der Waals surface area contributed by atoms with Crippen LogP contribution in [-0.4, -0.2) is 26.0 Å². The van der Waals surface area contributed by atoms with Crippen LogP contribution in [0.25, 0.3) is 0 Å². The zero-order valence-corrected chi connectivity index (χ0v) is 12.8. The maximum Gasteiger partial charge on any atom is 0.153 e. The summed E-state index contributed by atoms with van der Waals surface area (Å²) in [7, 11) is -3.07. The van der Waals surface area contributed by atoms with Crippen LogP contribution in [0.3, 0.4) is 0 Å². The average Bonchev–Trinajstić information content (AvgIpc) is 2.19. The fraction of sp³-hybridized carbons (Fsp3) is 0.538. The highest BCUT2D eigenvalue weighted by Gasteiger charge is 2.29. The second kappa shape index (κ2) is 5.59. The Kier molecular flexibility index (Phi) is 4.81. The van der Waals surface area contributed by atoms with E-state index in [0.717, 1.165) is 11.1 Å². The minimum Gasteiger partial charge on any atom is -0.311 e. The highest BCUT2D eigenvalue weighted by atomic mass is 35.5. The van der Waals surface area contributed by atoms with Gasteiger partial charge in [0.2, 0.25) is 0 Å². The zero-order chi connectivity index (χ0) is 14.0. The molecule has 0 fully saturated rings. The molecule has 5 heteroatoms. The Bertz CT molecular complexity index is 524. The van der Waals surface area contributed by atoms with E-state index in [2.05, 4.69) is 5.32 Å². The third kappa shape index (κ3) is 3.97. The van der Waals surface area contributed by atoms with Gasteiger partial charge in [-0.2, -0.15) is 0 Å². The summed E-state index contributed by atoms with van der Waals surface area (Å²) in [4.78, 5) is 0. The molecule has 3 nitrogen and oxygen atoms in total. The molecule has 0 atom stereocenters. The number of nitrogens with one attached hydrogen (secondary N) is 1. The lowest BCUT2D eigenvalue weighted by Crippen LogP contribution is -2.41. The van der Waals surface area contributed by atoms with E-state index in [1.165, 1.54) is 6.26 Å². The van der Waals surface area contributed by atoms with Gasteiger partial charge in [0.05, 0.1) is 4.75 Å². The zero-order valence-electron chi connectivity index (χ0n) is 11.2. The first-order valence-corrected chi connectivity index (χ1v) is 8.06. The molecule has 0 amide bonds. The summed E-state index contributed by atoms with van der Waals surface area (Å²) in [6, 6.07) is 5.85. The van der Waals surface area contributed by atoms with E-state index in [1.54, 1.807) is 13.8 Å². The molecule has 0 bridgehead atoms. The van der Waals surface area contributed by atoms with E-state index in [9.17, 15) is 8.42 Å². The summed E-state index contributed by atoms with van der Waals surface area (Å²) in [6.45, 7) is 6.38. The Morgan fingerprint density at radius 3 is 2.44 bits per heavy atom. The number of benzene rings is 1. The second-order valence-corrected chi connectivity index (χ2v) is 8.29. The summed E-state index contributed by atoms with van der Waals surface area (Å²) in [6.07, 6.45) is 1.26. The van der Waals surface area contributed by atoms with Crippen molar-refractivity contribution in [2.75, 3.05) is 12.8 Å². The molecule has 0 radical (unpaired) electrons. The fourth-order valence-corrected chi connectivity index (χ4v) is 2.09. The van der Waals surface area contributed by atoms with Crippen molar-refractivity contribution in [1.82, 2.24) is 5.32 Å². The Hall–Kier alpha value is -0.580. The monoisotopic (exact) mass is 289 g/mol. The molecule has 0 aliphatic carbocycles. The number of rotatable bonds is 5. The van der Waals surface area contributed by atoms with E-state index in [1.807, 2.05) is 25.1 Å². The van der Waals surface area contributed by atoms with Crippen molar-refractivity contribution in [3.05, 3.63) is 34.3 Å². The quantitative estimate of drug-likeness (QED) is 0.906. The van der Waals surface area contributed by atoms with Crippen LogP contribution in [-0.2, 0) is 16.4 Å². The van der Waals surface area contributed by atoms with E-state index in [0.29, 0.717) is 18.1 Å². The van der Waals surface area contributed by atoms with Gasteiger partial charge in [-0.25, -0.2) is 8.42 Å². The molecule has 1 rings (SSSR count). The first-order valence-electron chi connectivity index (χ1n) is 5.79. The number of halogens is 1. The van der Waals surface area contributed by atoms with Gasteiger partial charge in [0, 0.05) is 24.4 Å². The lowest BCUT2D eigenvalue weighted by molar-refractivity contribution is 0.521. The maximum absolute atomic E-state index is 11.5. The molecule has 0 aliphatic heterocycles. The topological polar surface area (TPSA) is 46.2 Å². The predicted molar refractivity (Wildman–Crippen MR) is 76.8 cm³/mol. The lowest BCUT2D eigenvalue weighted by Gasteiger charge is -2.23.